The molecule has 1 unspecified atom stereocenters. The fourth-order valence-electron chi connectivity index (χ4n) is 1.15. The van der Waals surface area contributed by atoms with E-state index in [9.17, 15) is 5.11 Å². The van der Waals surface area contributed by atoms with E-state index < -0.39 is 6.10 Å². The molecule has 2 aromatic heterocycles. The van der Waals surface area contributed by atoms with Crippen LogP contribution in [-0.2, 0) is 6.54 Å². The number of aliphatic hydroxyl groups excluding tert-OH is 1. The minimum atomic E-state index is -0.814. The monoisotopic (exact) mass is 288 g/mol. The van der Waals surface area contributed by atoms with E-state index in [0.29, 0.717) is 11.4 Å². The molecule has 7 heteroatoms. The maximum Gasteiger partial charge on any atom is 0.143 e. The molecule has 1 N–H and O–H groups in total. The highest BCUT2D eigenvalue weighted by molar-refractivity contribution is 9.11. The number of hydrogen-bond acceptors (Lipinski definition) is 5. The highest BCUT2D eigenvalue weighted by Gasteiger charge is 2.19. The number of thiazole rings is 1. The summed E-state index contributed by atoms with van der Waals surface area (Å²) >= 11 is 4.76. The van der Waals surface area contributed by atoms with Gasteiger partial charge in [0.1, 0.15) is 17.5 Å². The molecule has 15 heavy (non-hydrogen) atoms. The minimum absolute atomic E-state index is 0.517. The van der Waals surface area contributed by atoms with Crippen molar-refractivity contribution in [3.63, 3.8) is 0 Å². The molecule has 0 aromatic carbocycles. The van der Waals surface area contributed by atoms with Crippen LogP contribution >= 0.6 is 27.3 Å². The molecule has 1 atom stereocenters. The fourth-order valence-corrected chi connectivity index (χ4v) is 2.27. The van der Waals surface area contributed by atoms with Gasteiger partial charge in [-0.15, -0.1) is 16.4 Å². The van der Waals surface area contributed by atoms with E-state index in [1.54, 1.807) is 16.4 Å². The third-order valence-electron chi connectivity index (χ3n) is 1.97. The van der Waals surface area contributed by atoms with Crippen LogP contribution < -0.4 is 0 Å². The van der Waals surface area contributed by atoms with Crippen molar-refractivity contribution >= 4 is 27.3 Å². The topological polar surface area (TPSA) is 63.8 Å². The number of halogens is 1. The molecule has 0 aliphatic carbocycles. The van der Waals surface area contributed by atoms with Crippen molar-refractivity contribution in [2.45, 2.75) is 19.6 Å². The zero-order valence-electron chi connectivity index (χ0n) is 7.96. The lowest BCUT2D eigenvalue weighted by atomic mass is 10.2. The van der Waals surface area contributed by atoms with Crippen LogP contribution in [0.3, 0.4) is 0 Å². The van der Waals surface area contributed by atoms with Gasteiger partial charge >= 0.3 is 0 Å². The SMILES string of the molecule is CCn1cc(C(O)c2ncsc2Br)nn1. The summed E-state index contributed by atoms with van der Waals surface area (Å²) in [5, 5.41) is 17.7. The minimum Gasteiger partial charge on any atom is -0.380 e. The normalized spacial score (nSPS) is 13.0. The Kier molecular flexibility index (Phi) is 3.13. The molecule has 0 spiro atoms. The van der Waals surface area contributed by atoms with Gasteiger partial charge in [-0.2, -0.15) is 0 Å². The molecule has 2 rings (SSSR count). The fraction of sp³-hybridized carbons (Fsp3) is 0.375. The van der Waals surface area contributed by atoms with Crippen molar-refractivity contribution in [2.75, 3.05) is 0 Å². The Morgan fingerprint density at radius 1 is 1.67 bits per heavy atom. The van der Waals surface area contributed by atoms with E-state index in [-0.39, 0.29) is 0 Å². The summed E-state index contributed by atoms with van der Waals surface area (Å²) in [7, 11) is 0. The molecule has 5 nitrogen and oxygen atoms in total. The molecule has 0 amide bonds. The first-order valence-corrected chi connectivity index (χ1v) is 6.06. The predicted octanol–water partition coefficient (Wildman–Crippen LogP) is 1.60. The summed E-state index contributed by atoms with van der Waals surface area (Å²) in [4.78, 5) is 4.07. The molecule has 0 bridgehead atoms. The van der Waals surface area contributed by atoms with E-state index in [4.69, 9.17) is 0 Å². The van der Waals surface area contributed by atoms with E-state index >= 15 is 0 Å². The molecular weight excluding hydrogens is 280 g/mol. The van der Waals surface area contributed by atoms with Crippen molar-refractivity contribution in [3.8, 4) is 0 Å². The first-order valence-electron chi connectivity index (χ1n) is 4.39. The number of hydrogen-bond donors (Lipinski definition) is 1. The van der Waals surface area contributed by atoms with Gasteiger partial charge in [-0.05, 0) is 22.9 Å². The molecule has 0 aliphatic rings. The second-order valence-corrected chi connectivity index (χ2v) is 5.09. The van der Waals surface area contributed by atoms with Crippen LogP contribution in [0.15, 0.2) is 15.5 Å². The standard InChI is InChI=1S/C8H9BrN4OS/c1-2-13-3-5(11-12-13)7(14)6-8(9)15-4-10-6/h3-4,7,14H,2H2,1H3. The van der Waals surface area contributed by atoms with Crippen LogP contribution in [-0.4, -0.2) is 25.1 Å². The third-order valence-corrected chi connectivity index (χ3v) is 3.56. The number of aryl methyl sites for hydroxylation is 1. The van der Waals surface area contributed by atoms with Gasteiger partial charge in [-0.25, -0.2) is 4.98 Å². The van der Waals surface area contributed by atoms with Crippen LogP contribution in [0.25, 0.3) is 0 Å². The van der Waals surface area contributed by atoms with Crippen molar-refractivity contribution in [3.05, 3.63) is 26.9 Å². The molecule has 2 heterocycles. The van der Waals surface area contributed by atoms with Gasteiger partial charge in [0, 0.05) is 6.54 Å². The zero-order valence-corrected chi connectivity index (χ0v) is 10.4. The first-order chi connectivity index (χ1) is 7.22. The Balaban J connectivity index is 2.28. The molecule has 0 fully saturated rings. The average molecular weight is 289 g/mol. The van der Waals surface area contributed by atoms with Gasteiger partial charge in [0.25, 0.3) is 0 Å². The molecule has 0 saturated heterocycles. The smallest absolute Gasteiger partial charge is 0.143 e. The van der Waals surface area contributed by atoms with Crippen LogP contribution in [0.1, 0.15) is 24.4 Å². The van der Waals surface area contributed by atoms with Crippen LogP contribution in [0.5, 0.6) is 0 Å². The van der Waals surface area contributed by atoms with Crippen LogP contribution in [0.2, 0.25) is 0 Å². The number of nitrogens with zero attached hydrogens (tertiary/aromatic N) is 4. The maximum atomic E-state index is 9.97. The molecular formula is C8H9BrN4OS. The van der Waals surface area contributed by atoms with E-state index in [1.165, 1.54) is 11.3 Å². The maximum absolute atomic E-state index is 9.97. The quantitative estimate of drug-likeness (QED) is 0.932. The summed E-state index contributed by atoms with van der Waals surface area (Å²) in [6.07, 6.45) is 0.905. The lowest BCUT2D eigenvalue weighted by Crippen LogP contribution is -2.01. The second-order valence-electron chi connectivity index (χ2n) is 2.91. The summed E-state index contributed by atoms with van der Waals surface area (Å²) in [6, 6.07) is 0. The van der Waals surface area contributed by atoms with Gasteiger partial charge in [-0.1, -0.05) is 5.21 Å². The Bertz CT molecular complexity index is 455. The highest BCUT2D eigenvalue weighted by atomic mass is 79.9. The predicted molar refractivity (Wildman–Crippen MR) is 59.6 cm³/mol. The summed E-state index contributed by atoms with van der Waals surface area (Å²) in [5.74, 6) is 0. The molecule has 0 radical (unpaired) electrons. The molecule has 80 valence electrons. The lowest BCUT2D eigenvalue weighted by Gasteiger charge is -2.03. The largest absolute Gasteiger partial charge is 0.380 e. The Morgan fingerprint density at radius 3 is 3.00 bits per heavy atom. The molecule has 0 aliphatic heterocycles. The third kappa shape index (κ3) is 2.09. The Hall–Kier alpha value is -0.790. The van der Waals surface area contributed by atoms with Gasteiger partial charge in [-0.3, -0.25) is 4.68 Å². The van der Waals surface area contributed by atoms with Crippen molar-refractivity contribution in [1.82, 2.24) is 20.0 Å². The van der Waals surface area contributed by atoms with E-state index in [1.807, 2.05) is 6.92 Å². The summed E-state index contributed by atoms with van der Waals surface area (Å²) < 4.78 is 2.49. The number of aromatic nitrogens is 4. The Morgan fingerprint density at radius 2 is 2.47 bits per heavy atom. The summed E-state index contributed by atoms with van der Waals surface area (Å²) in [6.45, 7) is 2.70. The number of rotatable bonds is 3. The molecule has 2 aromatic rings. The second kappa shape index (κ2) is 4.38. The van der Waals surface area contributed by atoms with Crippen LogP contribution in [0.4, 0.5) is 0 Å². The highest BCUT2D eigenvalue weighted by Crippen LogP contribution is 2.29. The zero-order chi connectivity index (χ0) is 10.8. The van der Waals surface area contributed by atoms with Crippen molar-refractivity contribution < 1.29 is 5.11 Å². The van der Waals surface area contributed by atoms with Gasteiger partial charge in [0.15, 0.2) is 0 Å². The number of aliphatic hydroxyl groups is 1. The van der Waals surface area contributed by atoms with Gasteiger partial charge < -0.3 is 5.11 Å². The average Bonchev–Trinajstić information content (AvgIpc) is 2.84. The van der Waals surface area contributed by atoms with Crippen LogP contribution in [0, 0.1) is 0 Å². The van der Waals surface area contributed by atoms with E-state index in [0.717, 1.165) is 10.3 Å². The molecule has 0 saturated carbocycles. The van der Waals surface area contributed by atoms with Crippen molar-refractivity contribution in [1.29, 1.82) is 0 Å². The van der Waals surface area contributed by atoms with Gasteiger partial charge in [0.05, 0.1) is 15.5 Å². The lowest BCUT2D eigenvalue weighted by molar-refractivity contribution is 0.210. The Labute approximate surface area is 98.9 Å². The van der Waals surface area contributed by atoms with E-state index in [2.05, 4.69) is 31.2 Å². The summed E-state index contributed by atoms with van der Waals surface area (Å²) in [5.41, 5.74) is 2.78. The van der Waals surface area contributed by atoms with Crippen molar-refractivity contribution in [2.24, 2.45) is 0 Å². The first kappa shape index (κ1) is 10.7. The van der Waals surface area contributed by atoms with Gasteiger partial charge in [0.2, 0.25) is 0 Å².